The van der Waals surface area contributed by atoms with Gasteiger partial charge in [0.2, 0.25) is 5.91 Å². The molecule has 1 aromatic carbocycles. The van der Waals surface area contributed by atoms with Crippen molar-refractivity contribution in [3.63, 3.8) is 0 Å². The van der Waals surface area contributed by atoms with E-state index in [0.29, 0.717) is 31.1 Å². The first-order valence-electron chi connectivity index (χ1n) is 9.15. The van der Waals surface area contributed by atoms with E-state index in [1.54, 1.807) is 20.1 Å². The monoisotopic (exact) mass is 407 g/mol. The molecular formula is C19H25N3O5S. The highest BCUT2D eigenvalue weighted by Gasteiger charge is 2.32. The van der Waals surface area contributed by atoms with Gasteiger partial charge in [0.15, 0.2) is 15.7 Å². The van der Waals surface area contributed by atoms with E-state index in [1.165, 1.54) is 0 Å². The number of hydrogen-bond acceptors (Lipinski definition) is 7. The molecule has 1 amide bonds. The minimum absolute atomic E-state index is 0.0887. The molecule has 1 unspecified atom stereocenters. The maximum atomic E-state index is 12.3. The van der Waals surface area contributed by atoms with E-state index in [-0.39, 0.29) is 29.9 Å². The molecule has 28 heavy (non-hydrogen) atoms. The third-order valence-corrected chi connectivity index (χ3v) is 6.54. The number of benzene rings is 1. The molecule has 0 radical (unpaired) electrons. The van der Waals surface area contributed by atoms with Gasteiger partial charge in [-0.15, -0.1) is 0 Å². The highest BCUT2D eigenvalue weighted by molar-refractivity contribution is 7.91. The van der Waals surface area contributed by atoms with Crippen LogP contribution in [0.15, 0.2) is 34.9 Å². The Labute approximate surface area is 164 Å². The van der Waals surface area contributed by atoms with E-state index in [1.807, 2.05) is 24.3 Å². The van der Waals surface area contributed by atoms with Gasteiger partial charge >= 0.3 is 0 Å². The smallest absolute Gasteiger partial charge is 0.226 e. The van der Waals surface area contributed by atoms with Gasteiger partial charge in [-0.05, 0) is 31.0 Å². The van der Waals surface area contributed by atoms with Crippen LogP contribution in [-0.2, 0) is 21.2 Å². The van der Waals surface area contributed by atoms with Crippen LogP contribution in [0.4, 0.5) is 5.82 Å². The molecule has 1 aromatic heterocycles. The van der Waals surface area contributed by atoms with Gasteiger partial charge in [-0.1, -0.05) is 17.3 Å². The normalized spacial score (nSPS) is 18.3. The zero-order valence-electron chi connectivity index (χ0n) is 16.1. The number of methoxy groups -OCH3 is 1. The number of ether oxygens (including phenoxy) is 1. The third kappa shape index (κ3) is 5.56. The van der Waals surface area contributed by atoms with Crippen molar-refractivity contribution in [2.24, 2.45) is 0 Å². The van der Waals surface area contributed by atoms with E-state index < -0.39 is 9.84 Å². The van der Waals surface area contributed by atoms with Gasteiger partial charge in [0.05, 0.1) is 18.6 Å². The summed E-state index contributed by atoms with van der Waals surface area (Å²) in [6, 6.07) is 9.21. The fourth-order valence-electron chi connectivity index (χ4n) is 3.30. The lowest BCUT2D eigenvalue weighted by molar-refractivity contribution is -0.116. The van der Waals surface area contributed by atoms with Crippen LogP contribution < -0.4 is 10.1 Å². The molecular weight excluding hydrogens is 382 g/mol. The van der Waals surface area contributed by atoms with Gasteiger partial charge in [-0.25, -0.2) is 8.42 Å². The number of anilines is 1. The number of aryl methyl sites for hydroxylation is 1. The Morgan fingerprint density at radius 3 is 2.68 bits per heavy atom. The van der Waals surface area contributed by atoms with Gasteiger partial charge in [-0.2, -0.15) is 0 Å². The van der Waals surface area contributed by atoms with Crippen molar-refractivity contribution in [2.75, 3.05) is 30.5 Å². The summed E-state index contributed by atoms with van der Waals surface area (Å²) in [6.45, 7) is 2.77. The second-order valence-electron chi connectivity index (χ2n) is 7.00. The Morgan fingerprint density at radius 1 is 1.36 bits per heavy atom. The summed E-state index contributed by atoms with van der Waals surface area (Å²) in [5.41, 5.74) is 1.04. The summed E-state index contributed by atoms with van der Waals surface area (Å²) in [5, 5.41) is 6.45. The average Bonchev–Trinajstić information content (AvgIpc) is 3.23. The van der Waals surface area contributed by atoms with Crippen LogP contribution in [-0.4, -0.2) is 55.6 Å². The van der Waals surface area contributed by atoms with Crippen molar-refractivity contribution in [1.29, 1.82) is 0 Å². The molecule has 3 rings (SSSR count). The lowest BCUT2D eigenvalue weighted by Gasteiger charge is -2.28. The maximum absolute atomic E-state index is 12.3. The predicted octanol–water partition coefficient (Wildman–Crippen LogP) is 2.01. The Hall–Kier alpha value is -2.39. The molecule has 1 atom stereocenters. The molecule has 1 aliphatic rings. The van der Waals surface area contributed by atoms with Crippen LogP contribution in [0.2, 0.25) is 0 Å². The molecule has 0 bridgehead atoms. The lowest BCUT2D eigenvalue weighted by atomic mass is 10.1. The van der Waals surface area contributed by atoms with Crippen molar-refractivity contribution >= 4 is 21.6 Å². The summed E-state index contributed by atoms with van der Waals surface area (Å²) in [4.78, 5) is 14.3. The minimum Gasteiger partial charge on any atom is -0.497 e. The van der Waals surface area contributed by atoms with Crippen LogP contribution in [0.1, 0.15) is 24.2 Å². The Kier molecular flexibility index (Phi) is 6.35. The number of nitrogens with one attached hydrogen (secondary N) is 1. The zero-order chi connectivity index (χ0) is 20.1. The number of carbonyl (C=O) groups is 1. The van der Waals surface area contributed by atoms with Crippen LogP contribution in [0.25, 0.3) is 0 Å². The van der Waals surface area contributed by atoms with Crippen LogP contribution in [0.5, 0.6) is 5.75 Å². The van der Waals surface area contributed by atoms with E-state index in [2.05, 4.69) is 15.4 Å². The Balaban J connectivity index is 1.64. The molecule has 1 fully saturated rings. The number of sulfone groups is 1. The fourth-order valence-corrected chi connectivity index (χ4v) is 5.06. The van der Waals surface area contributed by atoms with Crippen molar-refractivity contribution in [3.8, 4) is 5.75 Å². The highest BCUT2D eigenvalue weighted by Crippen LogP contribution is 2.21. The molecule has 1 N–H and O–H groups in total. The molecule has 1 aliphatic heterocycles. The van der Waals surface area contributed by atoms with E-state index >= 15 is 0 Å². The van der Waals surface area contributed by atoms with Gasteiger partial charge < -0.3 is 14.6 Å². The molecule has 8 nitrogen and oxygen atoms in total. The van der Waals surface area contributed by atoms with Crippen molar-refractivity contribution in [2.45, 2.75) is 32.4 Å². The fraction of sp³-hybridized carbons (Fsp3) is 0.474. The summed E-state index contributed by atoms with van der Waals surface area (Å²) >= 11 is 0. The van der Waals surface area contributed by atoms with Gasteiger partial charge in [0.1, 0.15) is 11.5 Å². The molecule has 0 aliphatic carbocycles. The molecule has 9 heteroatoms. The summed E-state index contributed by atoms with van der Waals surface area (Å²) in [5.74, 6) is 1.91. The number of hydrogen-bond donors (Lipinski definition) is 1. The van der Waals surface area contributed by atoms with Crippen LogP contribution in [0, 0.1) is 6.92 Å². The number of rotatable bonds is 8. The molecule has 1 saturated heterocycles. The first-order chi connectivity index (χ1) is 13.3. The summed E-state index contributed by atoms with van der Waals surface area (Å²) < 4.78 is 34.0. The number of aromatic nitrogens is 1. The Morgan fingerprint density at radius 2 is 2.11 bits per heavy atom. The molecule has 0 saturated carbocycles. The SMILES string of the molecule is COc1ccc(CN(CCC(=O)Nc2cc(C)on2)C2CCS(=O)(=O)C2)cc1. The van der Waals surface area contributed by atoms with Crippen molar-refractivity contribution in [1.82, 2.24) is 10.1 Å². The third-order valence-electron chi connectivity index (χ3n) is 4.79. The first kappa shape index (κ1) is 20.3. The van der Waals surface area contributed by atoms with Crippen molar-refractivity contribution < 1.29 is 22.5 Å². The van der Waals surface area contributed by atoms with Gasteiger partial charge in [0, 0.05) is 31.6 Å². The second kappa shape index (κ2) is 8.74. The van der Waals surface area contributed by atoms with E-state index in [0.717, 1.165) is 11.3 Å². The predicted molar refractivity (Wildman–Crippen MR) is 105 cm³/mol. The van der Waals surface area contributed by atoms with E-state index in [4.69, 9.17) is 9.26 Å². The van der Waals surface area contributed by atoms with E-state index in [9.17, 15) is 13.2 Å². The second-order valence-corrected chi connectivity index (χ2v) is 9.23. The van der Waals surface area contributed by atoms with Gasteiger partial charge in [0.25, 0.3) is 0 Å². The topological polar surface area (TPSA) is 102 Å². The first-order valence-corrected chi connectivity index (χ1v) is 11.0. The lowest BCUT2D eigenvalue weighted by Crippen LogP contribution is -2.37. The number of carbonyl (C=O) groups excluding carboxylic acids is 1. The minimum atomic E-state index is -3.01. The standard InChI is InChI=1S/C19H25N3O5S/c1-14-11-18(21-27-14)20-19(23)7-9-22(16-8-10-28(24,25)13-16)12-15-3-5-17(26-2)6-4-15/h3-6,11,16H,7-10,12-13H2,1-2H3,(H,20,21,23). The maximum Gasteiger partial charge on any atom is 0.226 e. The molecule has 152 valence electrons. The van der Waals surface area contributed by atoms with Crippen LogP contribution in [0.3, 0.4) is 0 Å². The summed E-state index contributed by atoms with van der Waals surface area (Å²) in [6.07, 6.45) is 0.821. The molecule has 2 heterocycles. The Bertz CT molecular complexity index is 908. The number of amides is 1. The number of nitrogens with zero attached hydrogens (tertiary/aromatic N) is 2. The zero-order valence-corrected chi connectivity index (χ0v) is 16.9. The van der Waals surface area contributed by atoms with Crippen molar-refractivity contribution in [3.05, 3.63) is 41.7 Å². The summed E-state index contributed by atoms with van der Waals surface area (Å²) in [7, 11) is -1.40. The molecule has 0 spiro atoms. The largest absolute Gasteiger partial charge is 0.497 e. The molecule has 2 aromatic rings. The highest BCUT2D eigenvalue weighted by atomic mass is 32.2. The average molecular weight is 407 g/mol. The van der Waals surface area contributed by atoms with Gasteiger partial charge in [-0.3, -0.25) is 9.69 Å². The van der Waals surface area contributed by atoms with Crippen LogP contribution >= 0.6 is 0 Å². The quantitative estimate of drug-likeness (QED) is 0.714.